The van der Waals surface area contributed by atoms with E-state index in [1.165, 1.54) is 0 Å². The summed E-state index contributed by atoms with van der Waals surface area (Å²) in [4.78, 5) is 2.12. The first kappa shape index (κ1) is 14.0. The first-order valence-electron chi connectivity index (χ1n) is 6.15. The maximum atomic E-state index is 4.12. The Hall–Kier alpha value is -2.02. The van der Waals surface area contributed by atoms with Crippen LogP contribution in [-0.2, 0) is 0 Å². The summed E-state index contributed by atoms with van der Waals surface area (Å²) < 4.78 is 0. The quantitative estimate of drug-likeness (QED) is 0.619. The fourth-order valence-electron chi connectivity index (χ4n) is 1.83. The summed E-state index contributed by atoms with van der Waals surface area (Å²) in [5, 5.41) is 0. The standard InChI is InChI=1S/C17H21N/c1-5-11-15(3)18(16(4)12-6-2)17-13-9-7-8-10-14-17/h5-7,9-14H,1,4,8H2,2-3H3/b12-6-,15-11+. The molecule has 1 nitrogen and oxygen atoms in total. The Labute approximate surface area is 111 Å². The van der Waals surface area contributed by atoms with E-state index in [2.05, 4.69) is 55.4 Å². The van der Waals surface area contributed by atoms with Crippen molar-refractivity contribution in [3.63, 3.8) is 0 Å². The fraction of sp³-hybridized carbons (Fsp3) is 0.176. The lowest BCUT2D eigenvalue weighted by atomic mass is 10.2. The number of hydrogen-bond donors (Lipinski definition) is 0. The molecule has 0 fully saturated rings. The van der Waals surface area contributed by atoms with Gasteiger partial charge >= 0.3 is 0 Å². The fourth-order valence-corrected chi connectivity index (χ4v) is 1.83. The molecule has 0 N–H and O–H groups in total. The maximum Gasteiger partial charge on any atom is 0.0454 e. The molecule has 0 aromatic rings. The largest absolute Gasteiger partial charge is 0.315 e. The van der Waals surface area contributed by atoms with Crippen LogP contribution in [0.1, 0.15) is 20.3 Å². The van der Waals surface area contributed by atoms with Crippen molar-refractivity contribution in [1.29, 1.82) is 0 Å². The van der Waals surface area contributed by atoms with Crippen molar-refractivity contribution < 1.29 is 0 Å². The molecule has 1 aliphatic rings. The van der Waals surface area contributed by atoms with Crippen LogP contribution in [0, 0.1) is 0 Å². The van der Waals surface area contributed by atoms with Crippen molar-refractivity contribution in [3.05, 3.63) is 84.9 Å². The first-order chi connectivity index (χ1) is 8.70. The third kappa shape index (κ3) is 3.77. The Morgan fingerprint density at radius 2 is 2.17 bits per heavy atom. The van der Waals surface area contributed by atoms with Gasteiger partial charge in [0.15, 0.2) is 0 Å². The third-order valence-electron chi connectivity index (χ3n) is 2.58. The minimum Gasteiger partial charge on any atom is -0.315 e. The highest BCUT2D eigenvalue weighted by Gasteiger charge is 2.10. The number of rotatable bonds is 5. The summed E-state index contributed by atoms with van der Waals surface area (Å²) in [6, 6.07) is 0. The molecule has 1 aliphatic carbocycles. The van der Waals surface area contributed by atoms with Crippen LogP contribution in [0.4, 0.5) is 0 Å². The zero-order chi connectivity index (χ0) is 13.4. The summed E-state index contributed by atoms with van der Waals surface area (Å²) in [5.74, 6) is 0. The van der Waals surface area contributed by atoms with Crippen LogP contribution >= 0.6 is 0 Å². The topological polar surface area (TPSA) is 3.24 Å². The Morgan fingerprint density at radius 3 is 2.83 bits per heavy atom. The van der Waals surface area contributed by atoms with Gasteiger partial charge in [-0.05, 0) is 44.6 Å². The highest BCUT2D eigenvalue weighted by molar-refractivity contribution is 5.36. The van der Waals surface area contributed by atoms with Gasteiger partial charge in [-0.1, -0.05) is 43.5 Å². The van der Waals surface area contributed by atoms with Crippen molar-refractivity contribution in [2.75, 3.05) is 0 Å². The van der Waals surface area contributed by atoms with Gasteiger partial charge in [-0.3, -0.25) is 0 Å². The number of nitrogens with zero attached hydrogens (tertiary/aromatic N) is 1. The van der Waals surface area contributed by atoms with E-state index in [1.54, 1.807) is 6.08 Å². The Kier molecular flexibility index (Phi) is 5.72. The summed E-state index contributed by atoms with van der Waals surface area (Å²) in [6.07, 6.45) is 19.3. The molecule has 0 aliphatic heterocycles. The highest BCUT2D eigenvalue weighted by atomic mass is 15.2. The molecule has 0 amide bonds. The van der Waals surface area contributed by atoms with E-state index in [9.17, 15) is 0 Å². The van der Waals surface area contributed by atoms with E-state index >= 15 is 0 Å². The molecule has 1 rings (SSSR count). The van der Waals surface area contributed by atoms with Crippen LogP contribution in [0.25, 0.3) is 0 Å². The van der Waals surface area contributed by atoms with Gasteiger partial charge in [0.25, 0.3) is 0 Å². The lowest BCUT2D eigenvalue weighted by Gasteiger charge is -2.26. The SMILES string of the molecule is C=C/C=C(\C)N(C(=C)/C=C\C)C1=CC=CCC=C1. The summed E-state index contributed by atoms with van der Waals surface area (Å²) in [7, 11) is 0. The molecule has 18 heavy (non-hydrogen) atoms. The summed E-state index contributed by atoms with van der Waals surface area (Å²) in [6.45, 7) is 11.9. The van der Waals surface area contributed by atoms with Gasteiger partial charge in [-0.2, -0.15) is 0 Å². The normalized spacial score (nSPS) is 15.4. The molecule has 0 saturated carbocycles. The second kappa shape index (κ2) is 7.33. The van der Waals surface area contributed by atoms with Gasteiger partial charge in [-0.25, -0.2) is 0 Å². The van der Waals surface area contributed by atoms with Gasteiger partial charge in [0.2, 0.25) is 0 Å². The van der Waals surface area contributed by atoms with E-state index in [1.807, 2.05) is 25.2 Å². The van der Waals surface area contributed by atoms with Gasteiger partial charge in [0.05, 0.1) is 0 Å². The van der Waals surface area contributed by atoms with Crippen LogP contribution in [0.15, 0.2) is 84.9 Å². The van der Waals surface area contributed by atoms with E-state index in [-0.39, 0.29) is 0 Å². The Bertz CT molecular complexity index is 456. The average molecular weight is 239 g/mol. The van der Waals surface area contributed by atoms with Crippen molar-refractivity contribution in [1.82, 2.24) is 4.90 Å². The van der Waals surface area contributed by atoms with E-state index in [4.69, 9.17) is 0 Å². The zero-order valence-electron chi connectivity index (χ0n) is 11.3. The summed E-state index contributed by atoms with van der Waals surface area (Å²) in [5.41, 5.74) is 3.15. The predicted octanol–water partition coefficient (Wildman–Crippen LogP) is 4.87. The maximum absolute atomic E-state index is 4.12. The smallest absolute Gasteiger partial charge is 0.0454 e. The van der Waals surface area contributed by atoms with Crippen LogP contribution in [0.2, 0.25) is 0 Å². The molecule has 0 unspecified atom stereocenters. The second-order valence-electron chi connectivity index (χ2n) is 4.03. The minimum absolute atomic E-state index is 0.944. The number of hydrogen-bond acceptors (Lipinski definition) is 1. The Morgan fingerprint density at radius 1 is 1.39 bits per heavy atom. The van der Waals surface area contributed by atoms with Crippen molar-refractivity contribution >= 4 is 0 Å². The monoisotopic (exact) mass is 239 g/mol. The third-order valence-corrected chi connectivity index (χ3v) is 2.58. The van der Waals surface area contributed by atoms with E-state index in [0.29, 0.717) is 0 Å². The molecule has 0 aromatic carbocycles. The minimum atomic E-state index is 0.944. The molecule has 0 aromatic heterocycles. The average Bonchev–Trinajstić information content (AvgIpc) is 2.59. The number of allylic oxidation sites excluding steroid dienone is 10. The molecule has 1 heteroatoms. The molecule has 0 bridgehead atoms. The molecular weight excluding hydrogens is 218 g/mol. The van der Waals surface area contributed by atoms with Gasteiger partial charge in [0.1, 0.15) is 0 Å². The molecule has 94 valence electrons. The molecule has 0 heterocycles. The van der Waals surface area contributed by atoms with Crippen molar-refractivity contribution in [2.24, 2.45) is 0 Å². The van der Waals surface area contributed by atoms with Gasteiger partial charge < -0.3 is 4.90 Å². The van der Waals surface area contributed by atoms with Crippen LogP contribution < -0.4 is 0 Å². The molecule has 0 spiro atoms. The van der Waals surface area contributed by atoms with E-state index in [0.717, 1.165) is 23.5 Å². The molecule has 0 radical (unpaired) electrons. The Balaban J connectivity index is 3.15. The predicted molar refractivity (Wildman–Crippen MR) is 80.7 cm³/mol. The van der Waals surface area contributed by atoms with Crippen LogP contribution in [0.5, 0.6) is 0 Å². The van der Waals surface area contributed by atoms with Crippen molar-refractivity contribution in [2.45, 2.75) is 20.3 Å². The lowest BCUT2D eigenvalue weighted by Crippen LogP contribution is -2.17. The molecule has 0 atom stereocenters. The lowest BCUT2D eigenvalue weighted by molar-refractivity contribution is 0.563. The van der Waals surface area contributed by atoms with Crippen molar-refractivity contribution in [3.8, 4) is 0 Å². The van der Waals surface area contributed by atoms with E-state index < -0.39 is 0 Å². The zero-order valence-corrected chi connectivity index (χ0v) is 11.3. The van der Waals surface area contributed by atoms with Crippen LogP contribution in [0.3, 0.4) is 0 Å². The van der Waals surface area contributed by atoms with Crippen LogP contribution in [-0.4, -0.2) is 4.90 Å². The second-order valence-corrected chi connectivity index (χ2v) is 4.03. The highest BCUT2D eigenvalue weighted by Crippen LogP contribution is 2.22. The molecular formula is C17H21N. The first-order valence-corrected chi connectivity index (χ1v) is 6.15. The molecule has 0 saturated heterocycles. The van der Waals surface area contributed by atoms with Gasteiger partial charge in [-0.15, -0.1) is 0 Å². The summed E-state index contributed by atoms with van der Waals surface area (Å²) >= 11 is 0. The van der Waals surface area contributed by atoms with Gasteiger partial charge in [0, 0.05) is 17.1 Å².